The molecule has 0 saturated heterocycles. The molecule has 0 fully saturated rings. The van der Waals surface area contributed by atoms with Gasteiger partial charge in [0.25, 0.3) is 0 Å². The van der Waals surface area contributed by atoms with Crippen molar-refractivity contribution in [2.45, 2.75) is 12.8 Å². The molecule has 0 unspecified atom stereocenters. The molecule has 0 aromatic heterocycles. The van der Waals surface area contributed by atoms with Gasteiger partial charge in [0, 0.05) is 0 Å². The van der Waals surface area contributed by atoms with E-state index in [2.05, 4.69) is 0 Å². The Bertz CT molecular complexity index is 72.7. The van der Waals surface area contributed by atoms with Crippen LogP contribution in [0.5, 0.6) is 0 Å². The number of hydrogen-bond acceptors (Lipinski definition) is 4. The molecule has 0 saturated carbocycles. The molecule has 5 heteroatoms. The van der Waals surface area contributed by atoms with Crippen molar-refractivity contribution in [3.05, 3.63) is 0 Å². The zero-order valence-electron chi connectivity index (χ0n) is 5.25. The van der Waals surface area contributed by atoms with E-state index >= 15 is 0 Å². The van der Waals surface area contributed by atoms with Crippen LogP contribution in [0.25, 0.3) is 0 Å². The first kappa shape index (κ1) is 9.27. The van der Waals surface area contributed by atoms with Gasteiger partial charge in [-0.25, -0.2) is 0 Å². The van der Waals surface area contributed by atoms with Gasteiger partial charge in [0.05, 0.1) is 0 Å². The molecule has 0 spiro atoms. The Morgan fingerprint density at radius 1 is 1.11 bits per heavy atom. The third kappa shape index (κ3) is 8.27. The van der Waals surface area contributed by atoms with Crippen LogP contribution in [0.2, 0.25) is 0 Å². The van der Waals surface area contributed by atoms with Crippen molar-refractivity contribution in [2.24, 2.45) is 5.73 Å². The van der Waals surface area contributed by atoms with E-state index in [-0.39, 0.29) is 6.16 Å². The summed E-state index contributed by atoms with van der Waals surface area (Å²) in [7, 11) is -3.75. The Kier molecular flexibility index (Phi) is 4.27. The molecule has 5 N–H and O–H groups in total. The molecule has 0 aliphatic rings. The number of unbranched alkanes of at least 4 members (excludes halogenated alkanes) is 1. The maximum absolute atomic E-state index is 8.45. The second kappa shape index (κ2) is 4.14. The summed E-state index contributed by atoms with van der Waals surface area (Å²) in [6, 6.07) is 0. The summed E-state index contributed by atoms with van der Waals surface area (Å²) in [4.78, 5) is 25.4. The van der Waals surface area contributed by atoms with E-state index in [1.165, 1.54) is 0 Å². The van der Waals surface area contributed by atoms with Gasteiger partial charge < -0.3 is 0 Å². The molecule has 9 heavy (non-hydrogen) atoms. The second-order valence-electron chi connectivity index (χ2n) is 2.02. The van der Waals surface area contributed by atoms with Crippen LogP contribution in [0.4, 0.5) is 0 Å². The van der Waals surface area contributed by atoms with Crippen molar-refractivity contribution in [3.8, 4) is 0 Å². The second-order valence-corrected chi connectivity index (χ2v) is 4.07. The molecule has 0 atom stereocenters. The van der Waals surface area contributed by atoms with E-state index in [4.69, 9.17) is 20.4 Å². The van der Waals surface area contributed by atoms with Gasteiger partial charge >= 0.3 is 53.9 Å². The Morgan fingerprint density at radius 3 is 2.00 bits per heavy atom. The van der Waals surface area contributed by atoms with E-state index in [0.717, 1.165) is 6.42 Å². The van der Waals surface area contributed by atoms with Crippen LogP contribution in [0.1, 0.15) is 12.8 Å². The van der Waals surface area contributed by atoms with Crippen LogP contribution < -0.4 is 5.73 Å². The first-order chi connectivity index (χ1) is 4.06. The molecule has 0 heterocycles. The summed E-state index contributed by atoms with van der Waals surface area (Å²) in [6.07, 6.45) is 1.42. The first-order valence-electron chi connectivity index (χ1n) is 2.93. The molecule has 0 radical (unpaired) electrons. The van der Waals surface area contributed by atoms with Crippen molar-refractivity contribution in [1.29, 1.82) is 0 Å². The summed E-state index contributed by atoms with van der Waals surface area (Å²) in [5, 5.41) is 0. The quantitative estimate of drug-likeness (QED) is 0.316. The third-order valence-electron chi connectivity index (χ3n) is 0.966. The predicted molar refractivity (Wildman–Crippen MR) is 38.1 cm³/mol. The first-order valence-corrected chi connectivity index (χ1v) is 4.98. The molecule has 0 aromatic carbocycles. The molecule has 0 aromatic rings. The Hall–Kier alpha value is 0.270. The summed E-state index contributed by atoms with van der Waals surface area (Å²) < 4.78 is 0. The summed E-state index contributed by atoms with van der Waals surface area (Å²) in [6.45, 7) is 0.532. The van der Waals surface area contributed by atoms with E-state index in [1.54, 1.807) is 0 Å². The molecule has 4 nitrogen and oxygen atoms in total. The molecular formula is C4H14NO3P. The molecule has 0 aliphatic heterocycles. The topological polar surface area (TPSA) is 86.7 Å². The van der Waals surface area contributed by atoms with Crippen LogP contribution in [0, 0.1) is 0 Å². The third-order valence-corrected chi connectivity index (χ3v) is 1.99. The summed E-state index contributed by atoms with van der Waals surface area (Å²) >= 11 is 0. The average Bonchev–Trinajstić information content (AvgIpc) is 1.63. The molecular weight excluding hydrogens is 141 g/mol. The molecule has 58 valence electrons. The molecule has 0 amide bonds. The predicted octanol–water partition coefficient (Wildman–Crippen LogP) is -0.803. The van der Waals surface area contributed by atoms with Gasteiger partial charge in [-0.15, -0.1) is 0 Å². The molecule has 0 bridgehead atoms. The fourth-order valence-corrected chi connectivity index (χ4v) is 1.23. The standard InChI is InChI=1S/C4H14NO3P/c5-3-1-2-4-9(6,7)8/h6-9H,1-5H2. The number of hydrogen-bond donors (Lipinski definition) is 4. The maximum atomic E-state index is 8.45. The minimum absolute atomic E-state index is 0.101. The summed E-state index contributed by atoms with van der Waals surface area (Å²) in [5.41, 5.74) is 5.13. The van der Waals surface area contributed by atoms with Crippen molar-refractivity contribution < 1.29 is 14.7 Å². The van der Waals surface area contributed by atoms with Crippen LogP contribution in [-0.2, 0) is 0 Å². The van der Waals surface area contributed by atoms with Gasteiger partial charge in [0.15, 0.2) is 0 Å². The SMILES string of the molecule is NCCCC[PH](O)(O)O. The van der Waals surface area contributed by atoms with Gasteiger partial charge in [0.1, 0.15) is 0 Å². The van der Waals surface area contributed by atoms with Crippen molar-refractivity contribution in [1.82, 2.24) is 0 Å². The number of rotatable bonds is 4. The van der Waals surface area contributed by atoms with Crippen LogP contribution in [-0.4, -0.2) is 27.4 Å². The van der Waals surface area contributed by atoms with Gasteiger partial charge in [-0.05, 0) is 0 Å². The van der Waals surface area contributed by atoms with E-state index in [9.17, 15) is 0 Å². The average molecular weight is 155 g/mol. The Balaban J connectivity index is 3.07. The normalized spacial score (nSPS) is 13.8. The van der Waals surface area contributed by atoms with E-state index in [1.807, 2.05) is 0 Å². The van der Waals surface area contributed by atoms with Crippen molar-refractivity contribution in [2.75, 3.05) is 12.7 Å². The van der Waals surface area contributed by atoms with E-state index < -0.39 is 7.94 Å². The molecule has 0 rings (SSSR count). The fourth-order valence-electron chi connectivity index (χ4n) is 0.507. The zero-order chi connectivity index (χ0) is 7.33. The Morgan fingerprint density at radius 2 is 1.67 bits per heavy atom. The van der Waals surface area contributed by atoms with E-state index in [0.29, 0.717) is 13.0 Å². The van der Waals surface area contributed by atoms with Crippen LogP contribution in [0.3, 0.4) is 0 Å². The van der Waals surface area contributed by atoms with Crippen molar-refractivity contribution in [3.63, 3.8) is 0 Å². The van der Waals surface area contributed by atoms with Gasteiger partial charge in [0.2, 0.25) is 0 Å². The van der Waals surface area contributed by atoms with Crippen LogP contribution in [0.15, 0.2) is 0 Å². The fraction of sp³-hybridized carbons (Fsp3) is 1.00. The Labute approximate surface area is 54.9 Å². The summed E-state index contributed by atoms with van der Waals surface area (Å²) in [5.74, 6) is 0. The van der Waals surface area contributed by atoms with Gasteiger partial charge in [-0.3, -0.25) is 0 Å². The van der Waals surface area contributed by atoms with Gasteiger partial charge in [-0.2, -0.15) is 0 Å². The van der Waals surface area contributed by atoms with Gasteiger partial charge in [-0.1, -0.05) is 0 Å². The monoisotopic (exact) mass is 155 g/mol. The van der Waals surface area contributed by atoms with Crippen molar-refractivity contribution >= 4 is 7.94 Å². The minimum atomic E-state index is -3.75. The van der Waals surface area contributed by atoms with Crippen LogP contribution >= 0.6 is 7.94 Å². The molecule has 0 aliphatic carbocycles. The zero-order valence-corrected chi connectivity index (χ0v) is 6.25. The number of nitrogens with two attached hydrogens (primary N) is 1.